The van der Waals surface area contributed by atoms with Crippen LogP contribution in [0.25, 0.3) is 5.57 Å². The predicted octanol–water partition coefficient (Wildman–Crippen LogP) is 4.06. The van der Waals surface area contributed by atoms with Gasteiger partial charge >= 0.3 is 0 Å². The third kappa shape index (κ3) is 3.10. The molecule has 0 spiro atoms. The summed E-state index contributed by atoms with van der Waals surface area (Å²) in [6.45, 7) is 0. The molecule has 2 rings (SSSR count). The Balaban J connectivity index is 2.56. The van der Waals surface area contributed by atoms with Crippen molar-refractivity contribution in [1.82, 2.24) is 0 Å². The molecule has 0 saturated carbocycles. The number of ether oxygens (including phenoxy) is 1. The number of benzene rings is 1. The van der Waals surface area contributed by atoms with Crippen LogP contribution in [0.3, 0.4) is 0 Å². The molecule has 0 aliphatic heterocycles. The zero-order valence-electron chi connectivity index (χ0n) is 11.0. The number of methoxy groups -OCH3 is 1. The molecule has 6 heteroatoms. The van der Waals surface area contributed by atoms with Gasteiger partial charge in [0, 0.05) is 5.57 Å². The van der Waals surface area contributed by atoms with Crippen LogP contribution in [-0.2, 0) is 0 Å². The summed E-state index contributed by atoms with van der Waals surface area (Å²) >= 11 is 12.1. The van der Waals surface area contributed by atoms with Crippen molar-refractivity contribution in [3.8, 4) is 11.8 Å². The Labute approximate surface area is 131 Å². The van der Waals surface area contributed by atoms with Crippen LogP contribution in [0.1, 0.15) is 5.56 Å². The van der Waals surface area contributed by atoms with Gasteiger partial charge in [0.1, 0.15) is 17.5 Å². The van der Waals surface area contributed by atoms with Gasteiger partial charge in [-0.3, -0.25) is 0 Å². The lowest BCUT2D eigenvalue weighted by atomic mass is 9.97. The monoisotopic (exact) mass is 320 g/mol. The zero-order chi connectivity index (χ0) is 15.4. The highest BCUT2D eigenvalue weighted by Crippen LogP contribution is 2.32. The summed E-state index contributed by atoms with van der Waals surface area (Å²) in [7, 11) is 1.57. The average Bonchev–Trinajstić information content (AvgIpc) is 2.51. The van der Waals surface area contributed by atoms with Gasteiger partial charge in [0.05, 0.1) is 22.7 Å². The number of allylic oxidation sites excluding steroid dienone is 6. The molecule has 1 N–H and O–H groups in total. The largest absolute Gasteiger partial charge is 0.497 e. The molecule has 0 atom stereocenters. The summed E-state index contributed by atoms with van der Waals surface area (Å²) in [4.78, 5) is 0. The summed E-state index contributed by atoms with van der Waals surface area (Å²) < 4.78 is 5.08. The van der Waals surface area contributed by atoms with E-state index in [9.17, 15) is 5.26 Å². The van der Waals surface area contributed by atoms with Gasteiger partial charge in [-0.2, -0.15) is 5.26 Å². The lowest BCUT2D eigenvalue weighted by molar-refractivity contribution is 0.320. The van der Waals surface area contributed by atoms with Crippen LogP contribution in [0.15, 0.2) is 57.2 Å². The SMILES string of the molecule is COc1ccc(/C(C#N)=C2\C=C(Cl)C(=NO)C=C2Cl)cc1. The fraction of sp³-hybridized carbons (Fsp3) is 0.0667. The second-order valence-corrected chi connectivity index (χ2v) is 4.91. The van der Waals surface area contributed by atoms with Crippen molar-refractivity contribution in [3.05, 3.63) is 57.6 Å². The van der Waals surface area contributed by atoms with E-state index in [-0.39, 0.29) is 15.8 Å². The minimum absolute atomic E-state index is 0.150. The van der Waals surface area contributed by atoms with Crippen LogP contribution < -0.4 is 4.74 Å². The topological polar surface area (TPSA) is 65.6 Å². The maximum atomic E-state index is 9.41. The molecule has 0 fully saturated rings. The van der Waals surface area contributed by atoms with E-state index in [4.69, 9.17) is 33.1 Å². The fourth-order valence-electron chi connectivity index (χ4n) is 1.84. The molecule has 0 unspecified atom stereocenters. The Morgan fingerprint density at radius 2 is 1.86 bits per heavy atom. The van der Waals surface area contributed by atoms with Crippen LogP contribution in [0.4, 0.5) is 0 Å². The summed E-state index contributed by atoms with van der Waals surface area (Å²) in [6.07, 6.45) is 2.90. The minimum atomic E-state index is 0.150. The molecule has 21 heavy (non-hydrogen) atoms. The molecule has 1 aliphatic rings. The first-order valence-corrected chi connectivity index (χ1v) is 6.62. The van der Waals surface area contributed by atoms with Crippen LogP contribution >= 0.6 is 23.2 Å². The van der Waals surface area contributed by atoms with Crippen molar-refractivity contribution in [2.24, 2.45) is 5.16 Å². The molecular formula is C15H10Cl2N2O2. The quantitative estimate of drug-likeness (QED) is 0.507. The van der Waals surface area contributed by atoms with Gasteiger partial charge < -0.3 is 9.94 Å². The van der Waals surface area contributed by atoms with E-state index >= 15 is 0 Å². The third-order valence-electron chi connectivity index (χ3n) is 2.90. The fourth-order valence-corrected chi connectivity index (χ4v) is 2.30. The number of hydrogen-bond acceptors (Lipinski definition) is 4. The third-order valence-corrected chi connectivity index (χ3v) is 3.52. The number of nitrogens with zero attached hydrogens (tertiary/aromatic N) is 2. The molecule has 0 heterocycles. The van der Waals surface area contributed by atoms with E-state index in [0.29, 0.717) is 22.5 Å². The molecule has 0 radical (unpaired) electrons. The van der Waals surface area contributed by atoms with E-state index in [1.54, 1.807) is 31.4 Å². The number of oxime groups is 1. The van der Waals surface area contributed by atoms with Crippen molar-refractivity contribution in [2.75, 3.05) is 7.11 Å². The summed E-state index contributed by atoms with van der Waals surface area (Å²) in [6, 6.07) is 9.13. The van der Waals surface area contributed by atoms with Crippen molar-refractivity contribution < 1.29 is 9.94 Å². The maximum absolute atomic E-state index is 9.41. The van der Waals surface area contributed by atoms with Crippen molar-refractivity contribution in [1.29, 1.82) is 5.26 Å². The Hall–Kier alpha value is -2.22. The molecule has 4 nitrogen and oxygen atoms in total. The standard InChI is InChI=1S/C15H10Cl2N2O2/c1-21-10-4-2-9(3-5-10)12(8-18)11-6-14(17)15(19-20)7-13(11)16/h2-7,20H,1H3/b12-11+,19-15?. The van der Waals surface area contributed by atoms with Crippen molar-refractivity contribution >= 4 is 34.5 Å². The van der Waals surface area contributed by atoms with E-state index < -0.39 is 0 Å². The summed E-state index contributed by atoms with van der Waals surface area (Å²) in [5.41, 5.74) is 1.68. The summed E-state index contributed by atoms with van der Waals surface area (Å²) in [5.74, 6) is 0.689. The highest BCUT2D eigenvalue weighted by atomic mass is 35.5. The van der Waals surface area contributed by atoms with E-state index in [1.807, 2.05) is 0 Å². The maximum Gasteiger partial charge on any atom is 0.122 e. The van der Waals surface area contributed by atoms with Crippen LogP contribution in [0.2, 0.25) is 0 Å². The van der Waals surface area contributed by atoms with Crippen LogP contribution in [-0.4, -0.2) is 18.0 Å². The molecule has 106 valence electrons. The molecule has 0 bridgehead atoms. The lowest BCUT2D eigenvalue weighted by Crippen LogP contribution is -2.03. The Morgan fingerprint density at radius 3 is 2.38 bits per heavy atom. The Kier molecular flexibility index (Phi) is 4.69. The van der Waals surface area contributed by atoms with Gasteiger partial charge in [-0.25, -0.2) is 0 Å². The first-order valence-electron chi connectivity index (χ1n) is 5.86. The van der Waals surface area contributed by atoms with Gasteiger partial charge in [-0.05, 0) is 42.0 Å². The molecule has 1 aromatic carbocycles. The minimum Gasteiger partial charge on any atom is -0.497 e. The lowest BCUT2D eigenvalue weighted by Gasteiger charge is -2.12. The first-order chi connectivity index (χ1) is 10.1. The highest BCUT2D eigenvalue weighted by Gasteiger charge is 2.18. The van der Waals surface area contributed by atoms with Crippen molar-refractivity contribution in [3.63, 3.8) is 0 Å². The molecule has 1 aliphatic carbocycles. The van der Waals surface area contributed by atoms with Crippen molar-refractivity contribution in [2.45, 2.75) is 0 Å². The smallest absolute Gasteiger partial charge is 0.122 e. The van der Waals surface area contributed by atoms with Gasteiger partial charge in [-0.15, -0.1) is 0 Å². The second-order valence-electron chi connectivity index (χ2n) is 4.10. The molecule has 0 amide bonds. The summed E-state index contributed by atoms with van der Waals surface area (Å²) in [5, 5.41) is 21.7. The first kappa shape index (κ1) is 15.2. The van der Waals surface area contributed by atoms with Gasteiger partial charge in [0.15, 0.2) is 0 Å². The van der Waals surface area contributed by atoms with E-state index in [0.717, 1.165) is 0 Å². The number of halogens is 2. The number of nitriles is 1. The molecule has 0 aromatic heterocycles. The second kappa shape index (κ2) is 6.49. The number of rotatable bonds is 2. The normalized spacial score (nSPS) is 18.7. The zero-order valence-corrected chi connectivity index (χ0v) is 12.5. The van der Waals surface area contributed by atoms with Gasteiger partial charge in [0.2, 0.25) is 0 Å². The van der Waals surface area contributed by atoms with E-state index in [2.05, 4.69) is 11.2 Å². The Bertz CT molecular complexity index is 723. The molecular weight excluding hydrogens is 311 g/mol. The highest BCUT2D eigenvalue weighted by molar-refractivity contribution is 6.48. The Morgan fingerprint density at radius 1 is 1.19 bits per heavy atom. The number of hydrogen-bond donors (Lipinski definition) is 1. The van der Waals surface area contributed by atoms with Gasteiger partial charge in [0.25, 0.3) is 0 Å². The van der Waals surface area contributed by atoms with Crippen LogP contribution in [0, 0.1) is 11.3 Å². The average molecular weight is 321 g/mol. The van der Waals surface area contributed by atoms with Gasteiger partial charge in [-0.1, -0.05) is 28.4 Å². The predicted molar refractivity (Wildman–Crippen MR) is 82.6 cm³/mol. The molecule has 1 aromatic rings. The van der Waals surface area contributed by atoms with E-state index in [1.165, 1.54) is 12.2 Å². The molecule has 0 saturated heterocycles. The van der Waals surface area contributed by atoms with Crippen LogP contribution in [0.5, 0.6) is 5.75 Å².